The lowest BCUT2D eigenvalue weighted by molar-refractivity contribution is -0.170. The Bertz CT molecular complexity index is 449. The monoisotopic (exact) mass is 482 g/mol. The molecule has 0 heterocycles. The highest BCUT2D eigenvalue weighted by Crippen LogP contribution is 2.28. The number of hydrogen-bond donors (Lipinski definition) is 0. The predicted molar refractivity (Wildman–Crippen MR) is 144 cm³/mol. The number of carbonyl (C=O) groups is 2. The van der Waals surface area contributed by atoms with E-state index >= 15 is 0 Å². The van der Waals surface area contributed by atoms with Crippen LogP contribution in [0.25, 0.3) is 0 Å². The van der Waals surface area contributed by atoms with E-state index in [9.17, 15) is 9.59 Å². The van der Waals surface area contributed by atoms with E-state index in [1.54, 1.807) is 0 Å². The van der Waals surface area contributed by atoms with Crippen molar-refractivity contribution in [1.82, 2.24) is 0 Å². The SMILES string of the molecule is CCCCCCCC(=O)OCOC(=O)C(CCC)CC(CCCCCCC)CCCCCCC. The van der Waals surface area contributed by atoms with E-state index in [1.807, 2.05) is 0 Å². The van der Waals surface area contributed by atoms with Crippen molar-refractivity contribution in [2.24, 2.45) is 11.8 Å². The molecule has 0 aliphatic rings. The summed E-state index contributed by atoms with van der Waals surface area (Å²) in [4.78, 5) is 24.7. The van der Waals surface area contributed by atoms with Crippen LogP contribution in [-0.4, -0.2) is 18.7 Å². The first-order chi connectivity index (χ1) is 16.6. The highest BCUT2D eigenvalue weighted by atomic mass is 16.7. The predicted octanol–water partition coefficient (Wildman–Crippen LogP) is 9.53. The first-order valence-corrected chi connectivity index (χ1v) is 14.9. The van der Waals surface area contributed by atoms with Crippen LogP contribution in [0.2, 0.25) is 0 Å². The number of carbonyl (C=O) groups excluding carboxylic acids is 2. The van der Waals surface area contributed by atoms with Gasteiger partial charge in [-0.3, -0.25) is 9.59 Å². The van der Waals surface area contributed by atoms with Gasteiger partial charge in [0.15, 0.2) is 0 Å². The molecular weight excluding hydrogens is 424 g/mol. The van der Waals surface area contributed by atoms with Gasteiger partial charge in [0.05, 0.1) is 5.92 Å². The third kappa shape index (κ3) is 20.3. The van der Waals surface area contributed by atoms with E-state index in [2.05, 4.69) is 27.7 Å². The molecule has 4 heteroatoms. The summed E-state index contributed by atoms with van der Waals surface area (Å²) >= 11 is 0. The maximum atomic E-state index is 12.8. The Hall–Kier alpha value is -1.06. The smallest absolute Gasteiger partial charge is 0.311 e. The van der Waals surface area contributed by atoms with E-state index in [-0.39, 0.29) is 24.6 Å². The molecule has 1 unspecified atom stereocenters. The van der Waals surface area contributed by atoms with Crippen LogP contribution in [0.3, 0.4) is 0 Å². The minimum Gasteiger partial charge on any atom is -0.428 e. The van der Waals surface area contributed by atoms with Crippen LogP contribution in [0, 0.1) is 11.8 Å². The molecule has 0 aliphatic heterocycles. The van der Waals surface area contributed by atoms with Gasteiger partial charge in [-0.1, -0.05) is 137 Å². The number of rotatable bonds is 25. The number of unbranched alkanes of at least 4 members (excludes halogenated alkanes) is 12. The van der Waals surface area contributed by atoms with Gasteiger partial charge in [-0.05, 0) is 25.2 Å². The van der Waals surface area contributed by atoms with Crippen LogP contribution >= 0.6 is 0 Å². The molecule has 202 valence electrons. The average molecular weight is 483 g/mol. The second-order valence-corrected chi connectivity index (χ2v) is 10.3. The van der Waals surface area contributed by atoms with E-state index in [0.29, 0.717) is 12.3 Å². The second kappa shape index (κ2) is 25.0. The third-order valence-corrected chi connectivity index (χ3v) is 6.93. The van der Waals surface area contributed by atoms with Crippen LogP contribution in [-0.2, 0) is 19.1 Å². The van der Waals surface area contributed by atoms with Crippen LogP contribution < -0.4 is 0 Å². The summed E-state index contributed by atoms with van der Waals surface area (Å²) < 4.78 is 10.6. The summed E-state index contributed by atoms with van der Waals surface area (Å²) in [6.45, 7) is 8.59. The molecule has 0 spiro atoms. The van der Waals surface area contributed by atoms with Gasteiger partial charge in [0, 0.05) is 6.42 Å². The third-order valence-electron chi connectivity index (χ3n) is 6.93. The van der Waals surface area contributed by atoms with Gasteiger partial charge < -0.3 is 9.47 Å². The number of ether oxygens (including phenoxy) is 2. The molecule has 0 bridgehead atoms. The fourth-order valence-electron chi connectivity index (χ4n) is 4.75. The van der Waals surface area contributed by atoms with Crippen molar-refractivity contribution in [3.05, 3.63) is 0 Å². The molecule has 0 saturated heterocycles. The Morgan fingerprint density at radius 2 is 1.06 bits per heavy atom. The van der Waals surface area contributed by atoms with E-state index in [4.69, 9.17) is 9.47 Å². The van der Waals surface area contributed by atoms with Crippen molar-refractivity contribution in [2.75, 3.05) is 6.79 Å². The molecule has 0 aromatic carbocycles. The van der Waals surface area contributed by atoms with Crippen molar-refractivity contribution in [1.29, 1.82) is 0 Å². The molecule has 0 N–H and O–H groups in total. The van der Waals surface area contributed by atoms with Crippen LogP contribution in [0.5, 0.6) is 0 Å². The summed E-state index contributed by atoms with van der Waals surface area (Å²) in [7, 11) is 0. The zero-order valence-corrected chi connectivity index (χ0v) is 23.3. The maximum absolute atomic E-state index is 12.8. The van der Waals surface area contributed by atoms with E-state index in [0.717, 1.165) is 38.5 Å². The molecule has 0 amide bonds. The summed E-state index contributed by atoms with van der Waals surface area (Å²) in [5.41, 5.74) is 0. The minimum absolute atomic E-state index is 0.0750. The standard InChI is InChI=1S/C30H58O4/c1-5-9-12-15-18-22-27(23-19-16-13-10-6-2)25-28(21-8-4)30(32)34-26-33-29(31)24-20-17-14-11-7-3/h27-28H,5-26H2,1-4H3. The molecule has 0 aliphatic carbocycles. The van der Waals surface area contributed by atoms with Gasteiger partial charge in [-0.25, -0.2) is 0 Å². The molecular formula is C30H58O4. The quantitative estimate of drug-likeness (QED) is 0.0738. The van der Waals surface area contributed by atoms with Crippen molar-refractivity contribution in [2.45, 2.75) is 163 Å². The summed E-state index contributed by atoms with van der Waals surface area (Å²) in [6.07, 6.45) is 24.0. The highest BCUT2D eigenvalue weighted by molar-refractivity contribution is 5.73. The van der Waals surface area contributed by atoms with Crippen molar-refractivity contribution in [3.63, 3.8) is 0 Å². The van der Waals surface area contributed by atoms with Crippen LogP contribution in [0.15, 0.2) is 0 Å². The Kier molecular flexibility index (Phi) is 24.3. The van der Waals surface area contributed by atoms with Gasteiger partial charge in [0.2, 0.25) is 6.79 Å². The van der Waals surface area contributed by atoms with Gasteiger partial charge in [-0.15, -0.1) is 0 Å². The van der Waals surface area contributed by atoms with Crippen molar-refractivity contribution >= 4 is 11.9 Å². The lowest BCUT2D eigenvalue weighted by atomic mass is 9.84. The molecule has 0 fully saturated rings. The van der Waals surface area contributed by atoms with Gasteiger partial charge >= 0.3 is 11.9 Å². The van der Waals surface area contributed by atoms with Gasteiger partial charge in [0.1, 0.15) is 0 Å². The highest BCUT2D eigenvalue weighted by Gasteiger charge is 2.24. The Labute approximate surface area is 212 Å². The Morgan fingerprint density at radius 3 is 1.56 bits per heavy atom. The summed E-state index contributed by atoms with van der Waals surface area (Å²) in [6, 6.07) is 0. The minimum atomic E-state index is -0.256. The molecule has 0 aromatic heterocycles. The molecule has 0 radical (unpaired) electrons. The molecule has 4 nitrogen and oxygen atoms in total. The van der Waals surface area contributed by atoms with Crippen LogP contribution in [0.1, 0.15) is 163 Å². The lowest BCUT2D eigenvalue weighted by Gasteiger charge is -2.23. The van der Waals surface area contributed by atoms with E-state index in [1.165, 1.54) is 89.9 Å². The Balaban J connectivity index is 4.49. The first kappa shape index (κ1) is 32.9. The average Bonchev–Trinajstić information content (AvgIpc) is 2.82. The summed E-state index contributed by atoms with van der Waals surface area (Å²) in [5.74, 6) is 0.0833. The van der Waals surface area contributed by atoms with Crippen molar-refractivity contribution < 1.29 is 19.1 Å². The normalized spacial score (nSPS) is 12.1. The molecule has 0 saturated carbocycles. The van der Waals surface area contributed by atoms with Gasteiger partial charge in [0.25, 0.3) is 0 Å². The fourth-order valence-corrected chi connectivity index (χ4v) is 4.75. The molecule has 34 heavy (non-hydrogen) atoms. The van der Waals surface area contributed by atoms with Crippen LogP contribution in [0.4, 0.5) is 0 Å². The zero-order valence-electron chi connectivity index (χ0n) is 23.3. The zero-order chi connectivity index (χ0) is 25.3. The Morgan fingerprint density at radius 1 is 0.559 bits per heavy atom. The maximum Gasteiger partial charge on any atom is 0.311 e. The van der Waals surface area contributed by atoms with Crippen molar-refractivity contribution in [3.8, 4) is 0 Å². The largest absolute Gasteiger partial charge is 0.428 e. The molecule has 0 aromatic rings. The van der Waals surface area contributed by atoms with E-state index < -0.39 is 0 Å². The summed E-state index contributed by atoms with van der Waals surface area (Å²) in [5, 5.41) is 0. The van der Waals surface area contributed by atoms with Gasteiger partial charge in [-0.2, -0.15) is 0 Å². The first-order valence-electron chi connectivity index (χ1n) is 14.9. The molecule has 0 rings (SSSR count). The number of hydrogen-bond acceptors (Lipinski definition) is 4. The number of esters is 2. The fraction of sp³-hybridized carbons (Fsp3) is 0.933. The second-order valence-electron chi connectivity index (χ2n) is 10.3. The lowest BCUT2D eigenvalue weighted by Crippen LogP contribution is -2.23. The molecule has 1 atom stereocenters. The topological polar surface area (TPSA) is 52.6 Å².